The van der Waals surface area contributed by atoms with Gasteiger partial charge in [-0.3, -0.25) is 4.68 Å². The van der Waals surface area contributed by atoms with Crippen molar-refractivity contribution in [2.24, 2.45) is 12.8 Å². The highest BCUT2D eigenvalue weighted by atomic mass is 16.5. The van der Waals surface area contributed by atoms with Crippen LogP contribution in [0.15, 0.2) is 35.0 Å². The van der Waals surface area contributed by atoms with Crippen LogP contribution in [0, 0.1) is 0 Å². The van der Waals surface area contributed by atoms with Crippen LogP contribution in [0.1, 0.15) is 31.5 Å². The zero-order valence-electron chi connectivity index (χ0n) is 14.4. The van der Waals surface area contributed by atoms with Crippen LogP contribution in [0.2, 0.25) is 0 Å². The molecule has 0 spiro atoms. The number of para-hydroxylation sites is 1. The first kappa shape index (κ1) is 15.8. The quantitative estimate of drug-likeness (QED) is 0.786. The minimum absolute atomic E-state index is 0.431. The van der Waals surface area contributed by atoms with E-state index in [4.69, 9.17) is 15.0 Å². The number of ether oxygens (including phenoxy) is 1. The smallest absolute Gasteiger partial charge is 0.261 e. The Morgan fingerprint density at radius 2 is 1.96 bits per heavy atom. The van der Waals surface area contributed by atoms with Crippen LogP contribution in [-0.4, -0.2) is 27.0 Å². The lowest BCUT2D eigenvalue weighted by molar-refractivity contribution is 0.372. The average Bonchev–Trinajstić information content (AvgIpc) is 3.34. The Kier molecular flexibility index (Phi) is 3.80. The van der Waals surface area contributed by atoms with Gasteiger partial charge in [0.2, 0.25) is 0 Å². The molecule has 7 heteroatoms. The summed E-state index contributed by atoms with van der Waals surface area (Å²) in [4.78, 5) is 4.59. The van der Waals surface area contributed by atoms with E-state index in [1.54, 1.807) is 11.8 Å². The molecule has 3 aromatic rings. The summed E-state index contributed by atoms with van der Waals surface area (Å²) in [6.45, 7) is 0. The number of aromatic nitrogens is 4. The van der Waals surface area contributed by atoms with Gasteiger partial charge in [-0.25, -0.2) is 0 Å². The van der Waals surface area contributed by atoms with Gasteiger partial charge in [-0.1, -0.05) is 30.1 Å². The van der Waals surface area contributed by atoms with E-state index >= 15 is 0 Å². The summed E-state index contributed by atoms with van der Waals surface area (Å²) < 4.78 is 12.7. The maximum absolute atomic E-state index is 6.45. The topological polar surface area (TPSA) is 92.0 Å². The van der Waals surface area contributed by atoms with Crippen LogP contribution >= 0.6 is 0 Å². The molecule has 0 aliphatic heterocycles. The Morgan fingerprint density at radius 3 is 2.72 bits per heavy atom. The van der Waals surface area contributed by atoms with Crippen LogP contribution < -0.4 is 10.5 Å². The number of hydrogen-bond donors (Lipinski definition) is 1. The van der Waals surface area contributed by atoms with Crippen molar-refractivity contribution in [3.8, 4) is 28.5 Å². The number of nitrogens with zero attached hydrogens (tertiary/aromatic N) is 4. The Hall–Kier alpha value is -2.67. The summed E-state index contributed by atoms with van der Waals surface area (Å²) in [5.74, 6) is 1.75. The molecule has 0 radical (unpaired) electrons. The molecule has 1 saturated carbocycles. The molecule has 0 unspecified atom stereocenters. The van der Waals surface area contributed by atoms with Gasteiger partial charge in [0.25, 0.3) is 5.89 Å². The van der Waals surface area contributed by atoms with Crippen LogP contribution in [0.3, 0.4) is 0 Å². The van der Waals surface area contributed by atoms with Crippen molar-refractivity contribution in [3.05, 3.63) is 36.3 Å². The third-order valence-electron chi connectivity index (χ3n) is 4.79. The number of methoxy groups -OCH3 is 1. The average molecular weight is 339 g/mol. The van der Waals surface area contributed by atoms with Crippen molar-refractivity contribution in [2.75, 3.05) is 7.11 Å². The summed E-state index contributed by atoms with van der Waals surface area (Å²) in [6, 6.07) is 7.74. The molecule has 130 valence electrons. The van der Waals surface area contributed by atoms with E-state index < -0.39 is 5.54 Å². The van der Waals surface area contributed by atoms with E-state index in [1.807, 2.05) is 37.5 Å². The van der Waals surface area contributed by atoms with Gasteiger partial charge in [-0.15, -0.1) is 0 Å². The summed E-state index contributed by atoms with van der Waals surface area (Å²) in [5, 5.41) is 8.72. The first-order valence-corrected chi connectivity index (χ1v) is 8.41. The van der Waals surface area contributed by atoms with Crippen LogP contribution in [-0.2, 0) is 12.6 Å². The first-order chi connectivity index (χ1) is 12.1. The second kappa shape index (κ2) is 6.00. The summed E-state index contributed by atoms with van der Waals surface area (Å²) in [7, 11) is 3.51. The zero-order valence-corrected chi connectivity index (χ0v) is 14.4. The van der Waals surface area contributed by atoms with E-state index in [1.165, 1.54) is 0 Å². The molecule has 0 atom stereocenters. The molecule has 0 amide bonds. The largest absolute Gasteiger partial charge is 0.496 e. The normalized spacial score (nSPS) is 16.3. The van der Waals surface area contributed by atoms with E-state index in [0.29, 0.717) is 11.7 Å². The van der Waals surface area contributed by atoms with Gasteiger partial charge in [-0.05, 0) is 25.0 Å². The van der Waals surface area contributed by atoms with Gasteiger partial charge >= 0.3 is 0 Å². The third-order valence-corrected chi connectivity index (χ3v) is 4.79. The number of aryl methyl sites for hydroxylation is 1. The van der Waals surface area contributed by atoms with Crippen LogP contribution in [0.25, 0.3) is 22.7 Å². The van der Waals surface area contributed by atoms with Gasteiger partial charge < -0.3 is 15.0 Å². The van der Waals surface area contributed by atoms with Crippen molar-refractivity contribution in [1.29, 1.82) is 0 Å². The molecule has 0 bridgehead atoms. The molecule has 1 aromatic carbocycles. The lowest BCUT2D eigenvalue weighted by atomic mass is 9.98. The van der Waals surface area contributed by atoms with Crippen molar-refractivity contribution in [1.82, 2.24) is 19.9 Å². The molecular weight excluding hydrogens is 318 g/mol. The van der Waals surface area contributed by atoms with Gasteiger partial charge in [0.1, 0.15) is 11.4 Å². The molecular formula is C18H21N5O2. The summed E-state index contributed by atoms with van der Waals surface area (Å²) >= 11 is 0. The Morgan fingerprint density at radius 1 is 1.20 bits per heavy atom. The fourth-order valence-corrected chi connectivity index (χ4v) is 3.45. The summed E-state index contributed by atoms with van der Waals surface area (Å²) in [6.07, 6.45) is 5.84. The van der Waals surface area contributed by atoms with Gasteiger partial charge in [0.15, 0.2) is 5.82 Å². The van der Waals surface area contributed by atoms with Crippen molar-refractivity contribution < 1.29 is 9.26 Å². The minimum atomic E-state index is -0.478. The Balaban J connectivity index is 1.79. The predicted octanol–water partition coefficient (Wildman–Crippen LogP) is 2.87. The fourth-order valence-electron chi connectivity index (χ4n) is 3.45. The molecule has 4 rings (SSSR count). The van der Waals surface area contributed by atoms with E-state index in [9.17, 15) is 0 Å². The Bertz CT molecular complexity index is 893. The monoisotopic (exact) mass is 339 g/mol. The molecule has 0 saturated heterocycles. The maximum Gasteiger partial charge on any atom is 0.261 e. The predicted molar refractivity (Wildman–Crippen MR) is 92.8 cm³/mol. The zero-order chi connectivity index (χ0) is 17.4. The van der Waals surface area contributed by atoms with Gasteiger partial charge in [-0.2, -0.15) is 10.1 Å². The standard InChI is InChI=1S/C18H21N5O2/c1-23-11-13(15(21-23)12-7-3-4-8-14(12)24-2)16-20-17(22-25-16)18(19)9-5-6-10-18/h3-4,7-8,11H,5-6,9-10,19H2,1-2H3. The SMILES string of the molecule is COc1ccccc1-c1nn(C)cc1-c1nc(C2(N)CCCC2)no1. The molecule has 2 heterocycles. The number of nitrogens with two attached hydrogens (primary N) is 1. The highest BCUT2D eigenvalue weighted by Crippen LogP contribution is 2.38. The highest BCUT2D eigenvalue weighted by Gasteiger charge is 2.36. The maximum atomic E-state index is 6.45. The van der Waals surface area contributed by atoms with Crippen molar-refractivity contribution >= 4 is 0 Å². The molecule has 2 aromatic heterocycles. The first-order valence-electron chi connectivity index (χ1n) is 8.41. The molecule has 2 N–H and O–H groups in total. The van der Waals surface area contributed by atoms with Crippen LogP contribution in [0.5, 0.6) is 5.75 Å². The molecule has 25 heavy (non-hydrogen) atoms. The second-order valence-corrected chi connectivity index (χ2v) is 6.55. The minimum Gasteiger partial charge on any atom is -0.496 e. The highest BCUT2D eigenvalue weighted by molar-refractivity contribution is 5.80. The van der Waals surface area contributed by atoms with E-state index in [2.05, 4.69) is 15.2 Å². The number of benzene rings is 1. The lowest BCUT2D eigenvalue weighted by Crippen LogP contribution is -2.34. The van der Waals surface area contributed by atoms with E-state index in [-0.39, 0.29) is 0 Å². The summed E-state index contributed by atoms with van der Waals surface area (Å²) in [5.41, 5.74) is 8.36. The van der Waals surface area contributed by atoms with Crippen molar-refractivity contribution in [2.45, 2.75) is 31.2 Å². The lowest BCUT2D eigenvalue weighted by Gasteiger charge is -2.17. The van der Waals surface area contributed by atoms with Crippen molar-refractivity contribution in [3.63, 3.8) is 0 Å². The Labute approximate surface area is 145 Å². The number of hydrogen-bond acceptors (Lipinski definition) is 6. The third kappa shape index (κ3) is 2.70. The molecule has 7 nitrogen and oxygen atoms in total. The molecule has 1 aliphatic rings. The van der Waals surface area contributed by atoms with Crippen LogP contribution in [0.4, 0.5) is 0 Å². The molecule has 1 fully saturated rings. The molecule has 1 aliphatic carbocycles. The van der Waals surface area contributed by atoms with Gasteiger partial charge in [0.05, 0.1) is 18.2 Å². The fraction of sp³-hybridized carbons (Fsp3) is 0.389. The second-order valence-electron chi connectivity index (χ2n) is 6.55. The number of rotatable bonds is 4. The van der Waals surface area contributed by atoms with E-state index in [0.717, 1.165) is 48.3 Å². The van der Waals surface area contributed by atoms with Gasteiger partial charge in [0, 0.05) is 18.8 Å².